The van der Waals surface area contributed by atoms with Gasteiger partial charge in [-0.2, -0.15) is 9.29 Å². The lowest BCUT2D eigenvalue weighted by molar-refractivity contribution is 0.382. The molecule has 0 atom stereocenters. The van der Waals surface area contributed by atoms with Gasteiger partial charge in [0.05, 0.1) is 4.90 Å². The molecule has 166 valence electrons. The van der Waals surface area contributed by atoms with Gasteiger partial charge in [0.2, 0.25) is 16.0 Å². The molecule has 1 aliphatic heterocycles. The molecule has 3 aromatic rings. The van der Waals surface area contributed by atoms with E-state index in [4.69, 9.17) is 0 Å². The van der Waals surface area contributed by atoms with E-state index in [0.717, 1.165) is 29.1 Å². The molecule has 0 spiro atoms. The topological polar surface area (TPSA) is 69.6 Å². The third-order valence-electron chi connectivity index (χ3n) is 6.21. The minimum absolute atomic E-state index is 0.374. The van der Waals surface area contributed by atoms with E-state index in [0.29, 0.717) is 37.0 Å². The second-order valence-electron chi connectivity index (χ2n) is 8.61. The first-order valence-electron chi connectivity index (χ1n) is 10.8. The average molecular weight is 450 g/mol. The van der Waals surface area contributed by atoms with Crippen LogP contribution in [-0.2, 0) is 16.4 Å². The molecule has 7 nitrogen and oxygen atoms in total. The van der Waals surface area contributed by atoms with Gasteiger partial charge >= 0.3 is 0 Å². The minimum Gasteiger partial charge on any atom is -0.363 e. The lowest BCUT2D eigenvalue weighted by atomic mass is 10.1. The van der Waals surface area contributed by atoms with Gasteiger partial charge in [-0.1, -0.05) is 30.3 Å². The Kier molecular flexibility index (Phi) is 5.14. The molecule has 2 aromatic carbocycles. The van der Waals surface area contributed by atoms with Crippen molar-refractivity contribution in [2.24, 2.45) is 0 Å². The highest BCUT2D eigenvalue weighted by molar-refractivity contribution is 7.89. The highest BCUT2D eigenvalue weighted by Crippen LogP contribution is 2.37. The number of sulfonamides is 1. The van der Waals surface area contributed by atoms with Gasteiger partial charge in [0, 0.05) is 52.0 Å². The van der Waals surface area contributed by atoms with Gasteiger partial charge in [-0.15, -0.1) is 0 Å². The highest BCUT2D eigenvalue weighted by Gasteiger charge is 2.31. The van der Waals surface area contributed by atoms with Gasteiger partial charge in [0.1, 0.15) is 5.82 Å². The highest BCUT2D eigenvalue weighted by atomic mass is 32.2. The van der Waals surface area contributed by atoms with Crippen LogP contribution in [0.4, 0.5) is 11.8 Å². The van der Waals surface area contributed by atoms with Crippen molar-refractivity contribution < 1.29 is 8.42 Å². The van der Waals surface area contributed by atoms with E-state index in [-0.39, 0.29) is 0 Å². The summed E-state index contributed by atoms with van der Waals surface area (Å²) in [7, 11) is 0.350. The SMILES string of the molecule is Cc1cc(N(C)C)nc(N2CCN(S(=O)(=O)c3ccc4c(c3)Cc3ccccc3-4)CC2)n1. The van der Waals surface area contributed by atoms with Crippen molar-refractivity contribution in [3.05, 3.63) is 65.4 Å². The maximum Gasteiger partial charge on any atom is 0.243 e. The number of aryl methyl sites for hydroxylation is 1. The molecule has 0 N–H and O–H groups in total. The maximum absolute atomic E-state index is 13.4. The maximum atomic E-state index is 13.4. The van der Waals surface area contributed by atoms with Crippen molar-refractivity contribution in [2.45, 2.75) is 18.2 Å². The van der Waals surface area contributed by atoms with E-state index < -0.39 is 10.0 Å². The monoisotopic (exact) mass is 449 g/mol. The largest absolute Gasteiger partial charge is 0.363 e. The molecule has 1 saturated heterocycles. The van der Waals surface area contributed by atoms with Gasteiger partial charge in [-0.25, -0.2) is 13.4 Å². The standard InChI is InChI=1S/C24H27N5O2S/c1-17-14-23(27(2)3)26-24(25-17)28-10-12-29(13-11-28)32(30,31)20-8-9-22-19(16-20)15-18-6-4-5-7-21(18)22/h4-9,14,16H,10-13,15H2,1-3H3. The van der Waals surface area contributed by atoms with Crippen LogP contribution in [0.3, 0.4) is 0 Å². The molecule has 0 unspecified atom stereocenters. The molecule has 0 amide bonds. The molecule has 2 heterocycles. The predicted molar refractivity (Wildman–Crippen MR) is 127 cm³/mol. The van der Waals surface area contributed by atoms with E-state index in [1.165, 1.54) is 11.1 Å². The molecular formula is C24H27N5O2S. The number of anilines is 2. The first-order chi connectivity index (χ1) is 15.3. The molecule has 5 rings (SSSR count). The second-order valence-corrected chi connectivity index (χ2v) is 10.5. The van der Waals surface area contributed by atoms with Crippen molar-refractivity contribution in [1.82, 2.24) is 14.3 Å². The smallest absolute Gasteiger partial charge is 0.243 e. The summed E-state index contributed by atoms with van der Waals surface area (Å²) in [6.07, 6.45) is 0.779. The fourth-order valence-corrected chi connectivity index (χ4v) is 5.94. The summed E-state index contributed by atoms with van der Waals surface area (Å²) in [4.78, 5) is 13.6. The molecule has 0 saturated carbocycles. The number of piperazine rings is 1. The zero-order chi connectivity index (χ0) is 22.5. The van der Waals surface area contributed by atoms with E-state index in [2.05, 4.69) is 27.0 Å². The third-order valence-corrected chi connectivity index (χ3v) is 8.11. The molecule has 8 heteroatoms. The molecule has 0 radical (unpaired) electrons. The summed E-state index contributed by atoms with van der Waals surface area (Å²) in [6, 6.07) is 15.8. The van der Waals surface area contributed by atoms with Crippen LogP contribution in [0, 0.1) is 6.92 Å². The summed E-state index contributed by atoms with van der Waals surface area (Å²) in [6.45, 7) is 3.89. The first-order valence-corrected chi connectivity index (χ1v) is 12.3. The number of nitrogens with zero attached hydrogens (tertiary/aromatic N) is 5. The van der Waals surface area contributed by atoms with Crippen LogP contribution >= 0.6 is 0 Å². The number of fused-ring (bicyclic) bond motifs is 3. The molecule has 0 bridgehead atoms. The predicted octanol–water partition coefficient (Wildman–Crippen LogP) is 2.93. The molecule has 32 heavy (non-hydrogen) atoms. The van der Waals surface area contributed by atoms with Crippen LogP contribution in [0.2, 0.25) is 0 Å². The van der Waals surface area contributed by atoms with Gasteiger partial charge in [0.15, 0.2) is 0 Å². The van der Waals surface area contributed by atoms with Crippen LogP contribution in [0.25, 0.3) is 11.1 Å². The van der Waals surface area contributed by atoms with Crippen LogP contribution < -0.4 is 9.80 Å². The van der Waals surface area contributed by atoms with Crippen molar-refractivity contribution >= 4 is 21.8 Å². The summed E-state index contributed by atoms with van der Waals surface area (Å²) in [5, 5.41) is 0. The second kappa shape index (κ2) is 7.86. The number of benzene rings is 2. The van der Waals surface area contributed by atoms with E-state index in [9.17, 15) is 8.42 Å². The Balaban J connectivity index is 1.34. The van der Waals surface area contributed by atoms with E-state index in [1.807, 2.05) is 56.3 Å². The van der Waals surface area contributed by atoms with Crippen molar-refractivity contribution in [2.75, 3.05) is 50.1 Å². The molecule has 2 aliphatic rings. The third kappa shape index (κ3) is 3.63. The van der Waals surface area contributed by atoms with Gasteiger partial charge in [-0.3, -0.25) is 0 Å². The quantitative estimate of drug-likeness (QED) is 0.477. The number of hydrogen-bond donors (Lipinski definition) is 0. The molecule has 1 fully saturated rings. The summed E-state index contributed by atoms with van der Waals surface area (Å²) < 4.78 is 28.3. The average Bonchev–Trinajstić information content (AvgIpc) is 3.16. The van der Waals surface area contributed by atoms with Crippen LogP contribution in [0.1, 0.15) is 16.8 Å². The fourth-order valence-electron chi connectivity index (χ4n) is 4.47. The van der Waals surface area contributed by atoms with Gasteiger partial charge in [-0.05, 0) is 47.7 Å². The Bertz CT molecular complexity index is 1280. The number of aromatic nitrogens is 2. The van der Waals surface area contributed by atoms with Gasteiger partial charge in [0.25, 0.3) is 0 Å². The first kappa shape index (κ1) is 20.9. The lowest BCUT2D eigenvalue weighted by Gasteiger charge is -2.34. The fraction of sp³-hybridized carbons (Fsp3) is 0.333. The Morgan fingerprint density at radius 1 is 0.875 bits per heavy atom. The lowest BCUT2D eigenvalue weighted by Crippen LogP contribution is -2.49. The Morgan fingerprint density at radius 3 is 2.34 bits per heavy atom. The zero-order valence-corrected chi connectivity index (χ0v) is 19.4. The van der Waals surface area contributed by atoms with Crippen LogP contribution in [0.5, 0.6) is 0 Å². The molecular weight excluding hydrogens is 422 g/mol. The summed E-state index contributed by atoms with van der Waals surface area (Å²) in [5.74, 6) is 1.50. The Morgan fingerprint density at radius 2 is 1.59 bits per heavy atom. The van der Waals surface area contributed by atoms with Crippen molar-refractivity contribution in [3.63, 3.8) is 0 Å². The van der Waals surface area contributed by atoms with Crippen LogP contribution in [0.15, 0.2) is 53.4 Å². The van der Waals surface area contributed by atoms with E-state index in [1.54, 1.807) is 10.4 Å². The minimum atomic E-state index is -3.55. The number of rotatable bonds is 4. The summed E-state index contributed by atoms with van der Waals surface area (Å²) in [5.41, 5.74) is 5.57. The Hall–Kier alpha value is -2.97. The van der Waals surface area contributed by atoms with Crippen molar-refractivity contribution in [1.29, 1.82) is 0 Å². The molecule has 1 aromatic heterocycles. The van der Waals surface area contributed by atoms with Crippen LogP contribution in [-0.4, -0.2) is 63.0 Å². The summed E-state index contributed by atoms with van der Waals surface area (Å²) >= 11 is 0. The van der Waals surface area contributed by atoms with Crippen molar-refractivity contribution in [3.8, 4) is 11.1 Å². The number of hydrogen-bond acceptors (Lipinski definition) is 6. The molecule has 1 aliphatic carbocycles. The normalized spacial score (nSPS) is 16.0. The van der Waals surface area contributed by atoms with E-state index >= 15 is 0 Å². The Labute approximate surface area is 189 Å². The zero-order valence-electron chi connectivity index (χ0n) is 18.6. The van der Waals surface area contributed by atoms with Gasteiger partial charge < -0.3 is 9.80 Å².